The average Bonchev–Trinajstić information content (AvgIpc) is 3.63. The van der Waals surface area contributed by atoms with Gasteiger partial charge in [-0.2, -0.15) is 0 Å². The molecular formula is C37H57ClN8OS2. The largest absolute Gasteiger partial charge is 0.394 e. The number of thiophene rings is 2. The Bertz CT molecular complexity index is 1610. The zero-order chi connectivity index (χ0) is 35.1. The van der Waals surface area contributed by atoms with E-state index in [1.165, 1.54) is 58.4 Å². The number of aromatic nitrogens is 4. The fourth-order valence-corrected chi connectivity index (χ4v) is 9.91. The van der Waals surface area contributed by atoms with Crippen LogP contribution in [0.3, 0.4) is 0 Å². The normalized spacial score (nSPS) is 26.3. The SMILES string of the molecule is CC(C)O.C[C@@H]1CCc2sc3ncnc(Cl)c3c2C1.C[C@@H]1CCc2sc3ncnc(NC4CCC(N)CC4)c3c2C1.NC1CCC(N)CC1. The zero-order valence-corrected chi connectivity index (χ0v) is 32.1. The van der Waals surface area contributed by atoms with E-state index in [9.17, 15) is 0 Å². The molecule has 9 nitrogen and oxygen atoms in total. The van der Waals surface area contributed by atoms with E-state index in [4.69, 9.17) is 33.9 Å². The van der Waals surface area contributed by atoms with E-state index in [2.05, 4.69) is 39.1 Å². The molecule has 4 aliphatic rings. The van der Waals surface area contributed by atoms with Crippen LogP contribution in [0.4, 0.5) is 5.82 Å². The Morgan fingerprint density at radius 1 is 0.694 bits per heavy atom. The monoisotopic (exact) mass is 728 g/mol. The lowest BCUT2D eigenvalue weighted by molar-refractivity contribution is 0.216. The molecule has 270 valence electrons. The third-order valence-corrected chi connectivity index (χ3v) is 12.7. The highest BCUT2D eigenvalue weighted by molar-refractivity contribution is 7.19. The summed E-state index contributed by atoms with van der Waals surface area (Å²) in [6.07, 6.45) is 19.4. The number of aliphatic hydroxyl groups is 1. The van der Waals surface area contributed by atoms with Gasteiger partial charge in [-0.05, 0) is 127 Å². The molecule has 2 atom stereocenters. The number of hydrogen-bond donors (Lipinski definition) is 5. The minimum Gasteiger partial charge on any atom is -0.394 e. The molecule has 0 bridgehead atoms. The molecule has 0 radical (unpaired) electrons. The third-order valence-electron chi connectivity index (χ3n) is 10.1. The van der Waals surface area contributed by atoms with Crippen LogP contribution in [-0.2, 0) is 25.7 Å². The Hall–Kier alpha value is -1.99. The van der Waals surface area contributed by atoms with Crippen molar-refractivity contribution in [3.63, 3.8) is 0 Å². The van der Waals surface area contributed by atoms with Crippen molar-refractivity contribution in [3.8, 4) is 0 Å². The summed E-state index contributed by atoms with van der Waals surface area (Å²) < 4.78 is 0. The topological polar surface area (TPSA) is 162 Å². The highest BCUT2D eigenvalue weighted by atomic mass is 35.5. The molecular weight excluding hydrogens is 672 g/mol. The Morgan fingerprint density at radius 3 is 1.63 bits per heavy atom. The highest BCUT2D eigenvalue weighted by Gasteiger charge is 2.26. The van der Waals surface area contributed by atoms with Gasteiger partial charge in [0.25, 0.3) is 0 Å². The summed E-state index contributed by atoms with van der Waals surface area (Å²) in [4.78, 5) is 22.7. The second-order valence-electron chi connectivity index (χ2n) is 15.0. The minimum atomic E-state index is -0.167. The van der Waals surface area contributed by atoms with E-state index < -0.39 is 0 Å². The second kappa shape index (κ2) is 18.0. The van der Waals surface area contributed by atoms with Crippen LogP contribution >= 0.6 is 34.3 Å². The Labute approximate surface area is 305 Å². The van der Waals surface area contributed by atoms with E-state index in [-0.39, 0.29) is 6.10 Å². The summed E-state index contributed by atoms with van der Waals surface area (Å²) in [7, 11) is 0. The standard InChI is InChI=1S/C17H24N4S.C11H11ClN2S.C6H14N2.C3H8O/c1-10-2-7-14-13(8-10)15-16(19-9-20-17(15)22-14)21-12-5-3-11(18)4-6-12;1-6-2-3-8-7(4-6)9-10(12)13-5-14-11(9)15-8;7-5-1-2-6(8)4-3-5;1-3(2)4/h9-12H,2-8,18H2,1H3,(H,19,20,21);5-6H,2-4H2,1H3;5-6H,1-4,7-8H2;3-4H,1-2H3/t10-,11?,12?;6-;;/m11../s1. The van der Waals surface area contributed by atoms with Crippen molar-refractivity contribution in [2.45, 2.75) is 148 Å². The first-order valence-electron chi connectivity index (χ1n) is 18.4. The van der Waals surface area contributed by atoms with E-state index in [0.717, 1.165) is 90.5 Å². The highest BCUT2D eigenvalue weighted by Crippen LogP contribution is 2.41. The Kier molecular flexibility index (Phi) is 14.0. The lowest BCUT2D eigenvalue weighted by Gasteiger charge is -2.27. The number of hydrogen-bond acceptors (Lipinski definition) is 11. The molecule has 0 amide bonds. The van der Waals surface area contributed by atoms with Crippen LogP contribution in [0.25, 0.3) is 20.4 Å². The van der Waals surface area contributed by atoms with Crippen molar-refractivity contribution in [1.82, 2.24) is 19.9 Å². The first-order chi connectivity index (χ1) is 23.5. The first-order valence-corrected chi connectivity index (χ1v) is 20.4. The Balaban J connectivity index is 0.000000149. The molecule has 0 unspecified atom stereocenters. The number of fused-ring (bicyclic) bond motifs is 6. The maximum Gasteiger partial charge on any atom is 0.141 e. The molecule has 2 fully saturated rings. The first kappa shape index (κ1) is 38.2. The van der Waals surface area contributed by atoms with Crippen molar-refractivity contribution in [2.75, 3.05) is 5.32 Å². The molecule has 4 heterocycles. The number of nitrogens with zero attached hydrogens (tertiary/aromatic N) is 4. The van der Waals surface area contributed by atoms with Gasteiger partial charge >= 0.3 is 0 Å². The van der Waals surface area contributed by atoms with Crippen molar-refractivity contribution in [1.29, 1.82) is 0 Å². The van der Waals surface area contributed by atoms with E-state index in [1.54, 1.807) is 37.8 Å². The number of nitrogens with two attached hydrogens (primary N) is 3. The van der Waals surface area contributed by atoms with Crippen LogP contribution in [0.5, 0.6) is 0 Å². The summed E-state index contributed by atoms with van der Waals surface area (Å²) in [5, 5.41) is 14.8. The van der Waals surface area contributed by atoms with Gasteiger partial charge in [-0.15, -0.1) is 22.7 Å². The molecule has 0 aromatic carbocycles. The molecule has 4 aliphatic carbocycles. The predicted molar refractivity (Wildman–Crippen MR) is 208 cm³/mol. The lowest BCUT2D eigenvalue weighted by Crippen LogP contribution is -2.33. The number of rotatable bonds is 2. The summed E-state index contributed by atoms with van der Waals surface area (Å²) in [5.41, 5.74) is 20.2. The molecule has 0 saturated heterocycles. The fourth-order valence-electron chi connectivity index (χ4n) is 7.24. The van der Waals surface area contributed by atoms with Crippen LogP contribution in [0.2, 0.25) is 5.15 Å². The molecule has 12 heteroatoms. The number of aliphatic hydroxyl groups excluding tert-OH is 1. The summed E-state index contributed by atoms with van der Waals surface area (Å²) in [5.74, 6) is 2.58. The molecule has 4 aromatic rings. The number of anilines is 1. The molecule has 2 saturated carbocycles. The number of aryl methyl sites for hydroxylation is 2. The van der Waals surface area contributed by atoms with E-state index in [1.807, 2.05) is 11.3 Å². The second-order valence-corrected chi connectivity index (χ2v) is 17.5. The smallest absolute Gasteiger partial charge is 0.141 e. The van der Waals surface area contributed by atoms with Crippen molar-refractivity contribution in [2.24, 2.45) is 29.0 Å². The zero-order valence-electron chi connectivity index (χ0n) is 29.8. The van der Waals surface area contributed by atoms with Gasteiger partial charge in [0.1, 0.15) is 33.3 Å². The fraction of sp³-hybridized carbons (Fsp3) is 0.676. The molecule has 8 N–H and O–H groups in total. The third kappa shape index (κ3) is 10.5. The molecule has 8 rings (SSSR count). The van der Waals surface area contributed by atoms with Crippen molar-refractivity contribution in [3.05, 3.63) is 38.7 Å². The van der Waals surface area contributed by atoms with Gasteiger partial charge < -0.3 is 27.6 Å². The maximum atomic E-state index is 8.06. The summed E-state index contributed by atoms with van der Waals surface area (Å²) >= 11 is 9.79. The average molecular weight is 730 g/mol. The molecule has 4 aromatic heterocycles. The summed E-state index contributed by atoms with van der Waals surface area (Å²) in [6, 6.07) is 1.78. The summed E-state index contributed by atoms with van der Waals surface area (Å²) in [6.45, 7) is 8.09. The quantitative estimate of drug-likeness (QED) is 0.131. The molecule has 49 heavy (non-hydrogen) atoms. The number of nitrogens with one attached hydrogen (secondary N) is 1. The van der Waals surface area contributed by atoms with Gasteiger partial charge in [0.05, 0.1) is 10.8 Å². The lowest BCUT2D eigenvalue weighted by atomic mass is 9.88. The van der Waals surface area contributed by atoms with Gasteiger partial charge in [-0.3, -0.25) is 0 Å². The number of halogens is 1. The predicted octanol–water partition coefficient (Wildman–Crippen LogP) is 7.57. The van der Waals surface area contributed by atoms with Crippen LogP contribution < -0.4 is 22.5 Å². The molecule has 0 spiro atoms. The minimum absolute atomic E-state index is 0.167. The van der Waals surface area contributed by atoms with Gasteiger partial charge in [0.2, 0.25) is 0 Å². The van der Waals surface area contributed by atoms with Gasteiger partial charge in [-0.25, -0.2) is 19.9 Å². The van der Waals surface area contributed by atoms with E-state index >= 15 is 0 Å². The Morgan fingerprint density at radius 2 is 1.12 bits per heavy atom. The van der Waals surface area contributed by atoms with Crippen molar-refractivity contribution < 1.29 is 5.11 Å². The molecule has 0 aliphatic heterocycles. The van der Waals surface area contributed by atoms with Crippen molar-refractivity contribution >= 4 is 60.5 Å². The van der Waals surface area contributed by atoms with E-state index in [0.29, 0.717) is 29.3 Å². The van der Waals surface area contributed by atoms with Crippen LogP contribution in [0.1, 0.15) is 113 Å². The van der Waals surface area contributed by atoms with Crippen LogP contribution in [0, 0.1) is 11.8 Å². The van der Waals surface area contributed by atoms with Crippen LogP contribution in [-0.4, -0.2) is 55.3 Å². The van der Waals surface area contributed by atoms with Gasteiger partial charge in [0.15, 0.2) is 0 Å². The van der Waals surface area contributed by atoms with Gasteiger partial charge in [-0.1, -0.05) is 25.4 Å². The van der Waals surface area contributed by atoms with Crippen LogP contribution in [0.15, 0.2) is 12.7 Å². The maximum absolute atomic E-state index is 8.06. The van der Waals surface area contributed by atoms with Gasteiger partial charge in [0, 0.05) is 40.0 Å².